The molecular formula is C19H28BrIN4O3. The molecule has 1 amide bonds. The molecule has 0 unspecified atom stereocenters. The van der Waals surface area contributed by atoms with Crippen LogP contribution in [0.5, 0.6) is 0 Å². The third kappa shape index (κ3) is 7.57. The Morgan fingerprint density at radius 1 is 1.25 bits per heavy atom. The number of ether oxygens (including phenoxy) is 1. The number of aliphatic imine (C=N–C) groups is 1. The number of hydrogen-bond acceptors (Lipinski definition) is 4. The average Bonchev–Trinajstić information content (AvgIpc) is 2.68. The Labute approximate surface area is 191 Å². The maximum atomic E-state index is 12.1. The highest BCUT2D eigenvalue weighted by molar-refractivity contribution is 14.0. The van der Waals surface area contributed by atoms with Crippen molar-refractivity contribution in [1.29, 1.82) is 0 Å². The molecule has 0 aromatic heterocycles. The molecule has 1 aromatic carbocycles. The van der Waals surface area contributed by atoms with Crippen LogP contribution in [0.15, 0.2) is 33.7 Å². The normalized spacial score (nSPS) is 14.8. The van der Waals surface area contributed by atoms with Gasteiger partial charge < -0.3 is 20.3 Å². The largest absolute Gasteiger partial charge is 0.466 e. The molecule has 9 heteroatoms. The van der Waals surface area contributed by atoms with E-state index < -0.39 is 0 Å². The summed E-state index contributed by atoms with van der Waals surface area (Å²) < 4.78 is 5.98. The fourth-order valence-corrected chi connectivity index (χ4v) is 3.40. The number of halogens is 2. The minimum atomic E-state index is -0.108. The van der Waals surface area contributed by atoms with E-state index in [2.05, 4.69) is 36.5 Å². The number of guanidine groups is 1. The SMILES string of the molecule is CCOC(=O)C1CCN(C(=NC)NCCNC(=O)c2cccc(Br)c2)CC1.I. The summed E-state index contributed by atoms with van der Waals surface area (Å²) in [5.74, 6) is 0.552. The molecule has 28 heavy (non-hydrogen) atoms. The van der Waals surface area contributed by atoms with Crippen molar-refractivity contribution in [2.45, 2.75) is 19.8 Å². The van der Waals surface area contributed by atoms with Gasteiger partial charge in [-0.05, 0) is 38.0 Å². The Bertz CT molecular complexity index is 679. The first-order valence-corrected chi connectivity index (χ1v) is 10.0. The minimum absolute atomic E-state index is 0. The lowest BCUT2D eigenvalue weighted by Gasteiger charge is -2.33. The van der Waals surface area contributed by atoms with Crippen LogP contribution in [0.1, 0.15) is 30.1 Å². The van der Waals surface area contributed by atoms with Gasteiger partial charge in [-0.2, -0.15) is 0 Å². The van der Waals surface area contributed by atoms with Gasteiger partial charge in [0.15, 0.2) is 5.96 Å². The summed E-state index contributed by atoms with van der Waals surface area (Å²) in [4.78, 5) is 30.4. The number of carbonyl (C=O) groups is 2. The van der Waals surface area contributed by atoms with E-state index in [-0.39, 0.29) is 41.8 Å². The summed E-state index contributed by atoms with van der Waals surface area (Å²) in [6.45, 7) is 4.83. The van der Waals surface area contributed by atoms with E-state index in [0.29, 0.717) is 25.3 Å². The number of esters is 1. The van der Waals surface area contributed by atoms with Gasteiger partial charge in [0.25, 0.3) is 5.91 Å². The predicted octanol–water partition coefficient (Wildman–Crippen LogP) is 2.65. The van der Waals surface area contributed by atoms with E-state index in [0.717, 1.165) is 36.4 Å². The van der Waals surface area contributed by atoms with E-state index >= 15 is 0 Å². The fraction of sp³-hybridized carbons (Fsp3) is 0.526. The Kier molecular flexibility index (Phi) is 11.4. The zero-order chi connectivity index (χ0) is 19.6. The molecule has 0 aliphatic carbocycles. The summed E-state index contributed by atoms with van der Waals surface area (Å²) in [5.41, 5.74) is 0.620. The molecule has 1 aliphatic rings. The molecule has 2 N–H and O–H groups in total. The highest BCUT2D eigenvalue weighted by Gasteiger charge is 2.27. The predicted molar refractivity (Wildman–Crippen MR) is 124 cm³/mol. The quantitative estimate of drug-likeness (QED) is 0.182. The zero-order valence-electron chi connectivity index (χ0n) is 16.2. The number of piperidine rings is 1. The van der Waals surface area contributed by atoms with Gasteiger partial charge >= 0.3 is 5.97 Å². The van der Waals surface area contributed by atoms with E-state index in [4.69, 9.17) is 4.74 Å². The highest BCUT2D eigenvalue weighted by Crippen LogP contribution is 2.18. The van der Waals surface area contributed by atoms with Crippen molar-refractivity contribution < 1.29 is 14.3 Å². The number of benzene rings is 1. The van der Waals surface area contributed by atoms with Crippen molar-refractivity contribution in [2.24, 2.45) is 10.9 Å². The van der Waals surface area contributed by atoms with Crippen molar-refractivity contribution in [3.63, 3.8) is 0 Å². The van der Waals surface area contributed by atoms with E-state index in [9.17, 15) is 9.59 Å². The van der Waals surface area contributed by atoms with Crippen LogP contribution in [0.4, 0.5) is 0 Å². The molecule has 2 rings (SSSR count). The average molecular weight is 567 g/mol. The molecular weight excluding hydrogens is 539 g/mol. The molecule has 1 fully saturated rings. The van der Waals surface area contributed by atoms with Crippen LogP contribution < -0.4 is 10.6 Å². The van der Waals surface area contributed by atoms with Crippen LogP contribution >= 0.6 is 39.9 Å². The van der Waals surface area contributed by atoms with Gasteiger partial charge in [-0.1, -0.05) is 22.0 Å². The second-order valence-corrected chi connectivity index (χ2v) is 7.17. The van der Waals surface area contributed by atoms with Crippen molar-refractivity contribution in [2.75, 3.05) is 39.8 Å². The van der Waals surface area contributed by atoms with E-state index in [1.165, 1.54) is 0 Å². The molecule has 0 saturated carbocycles. The van der Waals surface area contributed by atoms with Gasteiger partial charge in [0, 0.05) is 43.3 Å². The number of likely N-dealkylation sites (tertiary alicyclic amines) is 1. The number of hydrogen-bond donors (Lipinski definition) is 2. The highest BCUT2D eigenvalue weighted by atomic mass is 127. The second kappa shape index (κ2) is 13.0. The lowest BCUT2D eigenvalue weighted by atomic mass is 9.97. The first-order chi connectivity index (χ1) is 13.0. The second-order valence-electron chi connectivity index (χ2n) is 6.25. The van der Waals surface area contributed by atoms with E-state index in [1.54, 1.807) is 19.2 Å². The Morgan fingerprint density at radius 3 is 2.54 bits per heavy atom. The molecule has 0 spiro atoms. The summed E-state index contributed by atoms with van der Waals surface area (Å²) in [7, 11) is 1.74. The van der Waals surface area contributed by atoms with Crippen molar-refractivity contribution >= 4 is 57.7 Å². The molecule has 1 saturated heterocycles. The third-order valence-electron chi connectivity index (χ3n) is 4.41. The lowest BCUT2D eigenvalue weighted by molar-refractivity contribution is -0.149. The summed E-state index contributed by atoms with van der Waals surface area (Å²) in [5, 5.41) is 6.15. The molecule has 1 heterocycles. The van der Waals surface area contributed by atoms with Gasteiger partial charge in [0.1, 0.15) is 0 Å². The van der Waals surface area contributed by atoms with Crippen molar-refractivity contribution in [3.8, 4) is 0 Å². The molecule has 7 nitrogen and oxygen atoms in total. The molecule has 0 bridgehead atoms. The summed E-state index contributed by atoms with van der Waals surface area (Å²) >= 11 is 3.36. The first-order valence-electron chi connectivity index (χ1n) is 9.21. The van der Waals surface area contributed by atoms with Crippen LogP contribution in [-0.4, -0.2) is 62.6 Å². The molecule has 0 radical (unpaired) electrons. The van der Waals surface area contributed by atoms with Gasteiger partial charge in [-0.15, -0.1) is 24.0 Å². The Hall–Kier alpha value is -1.36. The van der Waals surface area contributed by atoms with Crippen LogP contribution in [0.3, 0.4) is 0 Å². The summed E-state index contributed by atoms with van der Waals surface area (Å²) in [6.07, 6.45) is 1.53. The zero-order valence-corrected chi connectivity index (χ0v) is 20.2. The maximum Gasteiger partial charge on any atom is 0.309 e. The number of carbonyl (C=O) groups excluding carboxylic acids is 2. The number of nitrogens with one attached hydrogen (secondary N) is 2. The topological polar surface area (TPSA) is 83.0 Å². The van der Waals surface area contributed by atoms with Crippen LogP contribution in [0.25, 0.3) is 0 Å². The molecule has 1 aromatic rings. The number of rotatable bonds is 6. The van der Waals surface area contributed by atoms with E-state index in [1.807, 2.05) is 19.1 Å². The van der Waals surface area contributed by atoms with Crippen molar-refractivity contribution in [1.82, 2.24) is 15.5 Å². The smallest absolute Gasteiger partial charge is 0.309 e. The van der Waals surface area contributed by atoms with Gasteiger partial charge in [0.2, 0.25) is 0 Å². The monoisotopic (exact) mass is 566 g/mol. The van der Waals surface area contributed by atoms with Crippen LogP contribution in [-0.2, 0) is 9.53 Å². The molecule has 0 atom stereocenters. The maximum absolute atomic E-state index is 12.1. The van der Waals surface area contributed by atoms with Gasteiger partial charge in [0.05, 0.1) is 12.5 Å². The first kappa shape index (κ1) is 24.7. The standard InChI is InChI=1S/C19H27BrN4O3.HI/c1-3-27-18(26)14-7-11-24(12-8-14)19(21-2)23-10-9-22-17(25)15-5-4-6-16(20)13-15;/h4-6,13-14H,3,7-12H2,1-2H3,(H,21,23)(H,22,25);1H. The summed E-state index contributed by atoms with van der Waals surface area (Å²) in [6, 6.07) is 7.28. The Morgan fingerprint density at radius 2 is 1.93 bits per heavy atom. The molecule has 1 aliphatic heterocycles. The van der Waals surface area contributed by atoms with Crippen LogP contribution in [0, 0.1) is 5.92 Å². The van der Waals surface area contributed by atoms with Gasteiger partial charge in [-0.25, -0.2) is 0 Å². The van der Waals surface area contributed by atoms with Gasteiger partial charge in [-0.3, -0.25) is 14.6 Å². The third-order valence-corrected chi connectivity index (χ3v) is 4.90. The fourth-order valence-electron chi connectivity index (χ4n) is 3.00. The van der Waals surface area contributed by atoms with Crippen molar-refractivity contribution in [3.05, 3.63) is 34.3 Å². The molecule has 156 valence electrons. The van der Waals surface area contributed by atoms with Crippen LogP contribution in [0.2, 0.25) is 0 Å². The lowest BCUT2D eigenvalue weighted by Crippen LogP contribution is -2.48. The number of nitrogens with zero attached hydrogens (tertiary/aromatic N) is 2. The Balaban J connectivity index is 0.00000392. The number of amides is 1. The minimum Gasteiger partial charge on any atom is -0.466 e.